The number of morpholine rings is 1. The van der Waals surface area contributed by atoms with Crippen LogP contribution in [0.25, 0.3) is 0 Å². The number of ether oxygens (including phenoxy) is 1. The minimum Gasteiger partial charge on any atom is -0.447 e. The average Bonchev–Trinajstić information content (AvgIpc) is 3.30. The summed E-state index contributed by atoms with van der Waals surface area (Å²) in [6, 6.07) is 14.8. The van der Waals surface area contributed by atoms with Crippen LogP contribution in [0, 0.1) is 12.7 Å². The molecule has 2 aromatic carbocycles. The predicted molar refractivity (Wildman–Crippen MR) is 127 cm³/mol. The first-order valence-corrected chi connectivity index (χ1v) is 11.6. The molecule has 1 amide bonds. The lowest BCUT2D eigenvalue weighted by atomic mass is 10.1. The number of halogens is 1. The summed E-state index contributed by atoms with van der Waals surface area (Å²) in [5.74, 6) is -0.0360. The van der Waals surface area contributed by atoms with E-state index in [2.05, 4.69) is 45.2 Å². The number of carbonyl (C=O) groups is 1. The van der Waals surface area contributed by atoms with Crippen LogP contribution in [0.2, 0.25) is 0 Å². The zero-order valence-corrected chi connectivity index (χ0v) is 19.5. The molecule has 0 radical (unpaired) electrons. The molecule has 3 aromatic rings. The molecule has 1 saturated heterocycles. The highest BCUT2D eigenvalue weighted by atomic mass is 19.1. The fourth-order valence-corrected chi connectivity index (χ4v) is 4.01. The summed E-state index contributed by atoms with van der Waals surface area (Å²) in [6.45, 7) is 8.31. The maximum Gasteiger partial charge on any atom is 0.273 e. The number of hydrogen-bond acceptors (Lipinski definition) is 6. The van der Waals surface area contributed by atoms with Gasteiger partial charge in [0.25, 0.3) is 5.91 Å². The largest absolute Gasteiger partial charge is 0.447 e. The number of nitrogens with zero attached hydrogens (tertiary/aromatic N) is 3. The van der Waals surface area contributed by atoms with Crippen molar-refractivity contribution in [2.45, 2.75) is 26.6 Å². The van der Waals surface area contributed by atoms with Crippen LogP contribution >= 0.6 is 0 Å². The first-order chi connectivity index (χ1) is 16.5. The molecular formula is C26H31FN4O3. The molecule has 1 aliphatic heterocycles. The molecule has 1 fully saturated rings. The van der Waals surface area contributed by atoms with Crippen LogP contribution in [0.1, 0.15) is 33.1 Å². The molecule has 0 saturated carbocycles. The summed E-state index contributed by atoms with van der Waals surface area (Å²) in [5.41, 5.74) is 3.61. The van der Waals surface area contributed by atoms with Crippen LogP contribution in [0.5, 0.6) is 0 Å². The molecule has 8 heteroatoms. The van der Waals surface area contributed by atoms with Crippen molar-refractivity contribution in [2.24, 2.45) is 0 Å². The second-order valence-corrected chi connectivity index (χ2v) is 8.60. The van der Waals surface area contributed by atoms with Gasteiger partial charge in [0.2, 0.25) is 5.89 Å². The Morgan fingerprint density at radius 1 is 1.09 bits per heavy atom. The number of benzene rings is 2. The quantitative estimate of drug-likeness (QED) is 0.494. The maximum absolute atomic E-state index is 13.4. The van der Waals surface area contributed by atoms with E-state index >= 15 is 0 Å². The van der Waals surface area contributed by atoms with Gasteiger partial charge in [0.15, 0.2) is 5.69 Å². The van der Waals surface area contributed by atoms with Crippen LogP contribution in [0.15, 0.2) is 59.2 Å². The fourth-order valence-electron chi connectivity index (χ4n) is 4.01. The van der Waals surface area contributed by atoms with E-state index in [-0.39, 0.29) is 17.4 Å². The molecular weight excluding hydrogens is 435 g/mol. The standard InChI is InChI=1S/C26H31FN4O3/c1-20-3-2-4-22(15-20)17-31(16-21-5-7-23(27)8-6-21)18-25-29-24(19-34-25)26(32)28-9-10-30-11-13-33-14-12-30/h2-8,15,19H,9-14,16-18H2,1H3,(H,28,32). The lowest BCUT2D eigenvalue weighted by Gasteiger charge is -2.26. The lowest BCUT2D eigenvalue weighted by molar-refractivity contribution is 0.0383. The van der Waals surface area contributed by atoms with Crippen molar-refractivity contribution in [3.8, 4) is 0 Å². The summed E-state index contributed by atoms with van der Waals surface area (Å²) in [6.07, 6.45) is 1.40. The number of carbonyl (C=O) groups excluding carboxylic acids is 1. The predicted octanol–water partition coefficient (Wildman–Crippen LogP) is 3.39. The molecule has 2 heterocycles. The van der Waals surface area contributed by atoms with Crippen LogP contribution in [0.4, 0.5) is 4.39 Å². The summed E-state index contributed by atoms with van der Waals surface area (Å²) >= 11 is 0. The van der Waals surface area contributed by atoms with Gasteiger partial charge in [0.1, 0.15) is 12.1 Å². The SMILES string of the molecule is Cc1cccc(CN(Cc2ccc(F)cc2)Cc2nc(C(=O)NCCN3CCOCC3)co2)c1. The number of rotatable bonds is 10. The van der Waals surface area contributed by atoms with Crippen molar-refractivity contribution in [1.82, 2.24) is 20.1 Å². The van der Waals surface area contributed by atoms with Gasteiger partial charge in [-0.15, -0.1) is 0 Å². The van der Waals surface area contributed by atoms with E-state index in [1.807, 2.05) is 6.07 Å². The number of oxazole rings is 1. The Hall–Kier alpha value is -3.07. The second kappa shape index (κ2) is 11.9. The van der Waals surface area contributed by atoms with Gasteiger partial charge in [-0.05, 0) is 30.2 Å². The minimum atomic E-state index is -0.258. The van der Waals surface area contributed by atoms with Gasteiger partial charge in [-0.1, -0.05) is 42.0 Å². The van der Waals surface area contributed by atoms with Crippen molar-refractivity contribution in [3.05, 3.63) is 88.9 Å². The molecule has 7 nitrogen and oxygen atoms in total. The molecule has 0 bridgehead atoms. The van der Waals surface area contributed by atoms with E-state index in [9.17, 15) is 9.18 Å². The Balaban J connectivity index is 1.37. The Labute approximate surface area is 199 Å². The van der Waals surface area contributed by atoms with Crippen molar-refractivity contribution in [1.29, 1.82) is 0 Å². The third kappa shape index (κ3) is 7.21. The maximum atomic E-state index is 13.4. The van der Waals surface area contributed by atoms with E-state index in [0.29, 0.717) is 32.1 Å². The van der Waals surface area contributed by atoms with Gasteiger partial charge < -0.3 is 14.5 Å². The van der Waals surface area contributed by atoms with Crippen molar-refractivity contribution < 1.29 is 18.3 Å². The zero-order valence-electron chi connectivity index (χ0n) is 19.5. The van der Waals surface area contributed by atoms with Crippen LogP contribution in [-0.2, 0) is 24.4 Å². The smallest absolute Gasteiger partial charge is 0.273 e. The summed E-state index contributed by atoms with van der Waals surface area (Å²) in [7, 11) is 0. The number of aromatic nitrogens is 1. The molecule has 0 aliphatic carbocycles. The summed E-state index contributed by atoms with van der Waals surface area (Å²) < 4.78 is 24.3. The molecule has 0 unspecified atom stereocenters. The van der Waals surface area contributed by atoms with E-state index in [4.69, 9.17) is 9.15 Å². The molecule has 1 aliphatic rings. The van der Waals surface area contributed by atoms with Gasteiger partial charge >= 0.3 is 0 Å². The van der Waals surface area contributed by atoms with Gasteiger partial charge in [-0.25, -0.2) is 9.37 Å². The molecule has 34 heavy (non-hydrogen) atoms. The Bertz CT molecular complexity index is 1060. The van der Waals surface area contributed by atoms with Crippen molar-refractivity contribution in [2.75, 3.05) is 39.4 Å². The Morgan fingerprint density at radius 3 is 2.62 bits per heavy atom. The Morgan fingerprint density at radius 2 is 1.85 bits per heavy atom. The molecule has 4 rings (SSSR count). The molecule has 180 valence electrons. The first kappa shape index (κ1) is 24.1. The van der Waals surface area contributed by atoms with Gasteiger partial charge in [0.05, 0.1) is 19.8 Å². The number of aryl methyl sites for hydroxylation is 1. The second-order valence-electron chi connectivity index (χ2n) is 8.60. The average molecular weight is 467 g/mol. The zero-order chi connectivity index (χ0) is 23.8. The lowest BCUT2D eigenvalue weighted by Crippen LogP contribution is -2.41. The molecule has 0 atom stereocenters. The number of nitrogens with one attached hydrogen (secondary N) is 1. The number of amides is 1. The Kier molecular flexibility index (Phi) is 8.41. The third-order valence-corrected chi connectivity index (χ3v) is 5.77. The van der Waals surface area contributed by atoms with Crippen molar-refractivity contribution in [3.63, 3.8) is 0 Å². The van der Waals surface area contributed by atoms with Gasteiger partial charge in [0, 0.05) is 39.3 Å². The van der Waals surface area contributed by atoms with E-state index in [0.717, 1.165) is 44.0 Å². The highest BCUT2D eigenvalue weighted by molar-refractivity contribution is 5.91. The highest BCUT2D eigenvalue weighted by Crippen LogP contribution is 2.16. The fraction of sp³-hybridized carbons (Fsp3) is 0.385. The highest BCUT2D eigenvalue weighted by Gasteiger charge is 2.17. The van der Waals surface area contributed by atoms with Crippen LogP contribution < -0.4 is 5.32 Å². The summed E-state index contributed by atoms with van der Waals surface area (Å²) in [4.78, 5) is 21.3. The molecule has 0 spiro atoms. The van der Waals surface area contributed by atoms with Crippen LogP contribution in [0.3, 0.4) is 0 Å². The van der Waals surface area contributed by atoms with Crippen LogP contribution in [-0.4, -0.2) is 60.1 Å². The normalized spacial score (nSPS) is 14.4. The third-order valence-electron chi connectivity index (χ3n) is 5.77. The van der Waals surface area contributed by atoms with E-state index < -0.39 is 0 Å². The summed E-state index contributed by atoms with van der Waals surface area (Å²) in [5, 5.41) is 2.91. The molecule has 1 N–H and O–H groups in total. The van der Waals surface area contributed by atoms with Gasteiger partial charge in [-0.2, -0.15) is 0 Å². The number of hydrogen-bond donors (Lipinski definition) is 1. The van der Waals surface area contributed by atoms with E-state index in [1.165, 1.54) is 24.0 Å². The van der Waals surface area contributed by atoms with Gasteiger partial charge in [-0.3, -0.25) is 14.6 Å². The minimum absolute atomic E-state index is 0.243. The van der Waals surface area contributed by atoms with E-state index in [1.54, 1.807) is 12.1 Å². The first-order valence-electron chi connectivity index (χ1n) is 11.6. The van der Waals surface area contributed by atoms with Crippen molar-refractivity contribution >= 4 is 5.91 Å². The monoisotopic (exact) mass is 466 g/mol. The topological polar surface area (TPSA) is 70.8 Å². The molecule has 1 aromatic heterocycles.